The summed E-state index contributed by atoms with van der Waals surface area (Å²) >= 11 is 0. The number of fused-ring (bicyclic) bond motifs is 1. The Morgan fingerprint density at radius 1 is 1.29 bits per heavy atom. The van der Waals surface area contributed by atoms with Gasteiger partial charge >= 0.3 is 5.97 Å². The quantitative estimate of drug-likeness (QED) is 0.638. The van der Waals surface area contributed by atoms with Crippen molar-refractivity contribution in [3.05, 3.63) is 59.4 Å². The molecule has 0 aromatic heterocycles. The predicted octanol–water partition coefficient (Wildman–Crippen LogP) is 3.57. The molecule has 1 unspecified atom stereocenters. The number of nitrogens with zero attached hydrogens (tertiary/aromatic N) is 1. The predicted molar refractivity (Wildman–Crippen MR) is 86.1 cm³/mol. The molecule has 0 saturated carbocycles. The van der Waals surface area contributed by atoms with Crippen molar-refractivity contribution in [1.29, 1.82) is 0 Å². The van der Waals surface area contributed by atoms with E-state index in [0.717, 1.165) is 11.6 Å². The van der Waals surface area contributed by atoms with Crippen LogP contribution in [0.15, 0.2) is 47.6 Å². The first-order valence-electron chi connectivity index (χ1n) is 7.45. The van der Waals surface area contributed by atoms with Crippen LogP contribution < -0.4 is 9.47 Å². The Hall–Kier alpha value is -2.89. The van der Waals surface area contributed by atoms with E-state index in [1.807, 2.05) is 6.92 Å². The lowest BCUT2D eigenvalue weighted by Gasteiger charge is -2.24. The molecule has 1 aliphatic rings. The molecule has 1 heterocycles. The van der Waals surface area contributed by atoms with Crippen molar-refractivity contribution in [2.75, 3.05) is 7.11 Å². The molecule has 3 rings (SSSR count). The van der Waals surface area contributed by atoms with E-state index < -0.39 is 11.8 Å². The minimum absolute atomic E-state index is 0.106. The maximum Gasteiger partial charge on any atom is 0.365 e. The van der Waals surface area contributed by atoms with Gasteiger partial charge in [-0.1, -0.05) is 11.2 Å². The second-order valence-corrected chi connectivity index (χ2v) is 5.42. The van der Waals surface area contributed by atoms with E-state index in [2.05, 4.69) is 5.16 Å². The molecule has 1 aliphatic heterocycles. The van der Waals surface area contributed by atoms with Gasteiger partial charge in [-0.3, -0.25) is 0 Å². The van der Waals surface area contributed by atoms with Crippen LogP contribution in [0.25, 0.3) is 0 Å². The molecule has 0 radical (unpaired) electrons. The fraction of sp³-hybridized carbons (Fsp3) is 0.222. The summed E-state index contributed by atoms with van der Waals surface area (Å²) in [6.45, 7) is 1.90. The highest BCUT2D eigenvalue weighted by atomic mass is 19.1. The van der Waals surface area contributed by atoms with Crippen LogP contribution in [0.4, 0.5) is 4.39 Å². The maximum atomic E-state index is 13.2. The van der Waals surface area contributed by atoms with Gasteiger partial charge in [-0.15, -0.1) is 0 Å². The number of methoxy groups -OCH3 is 1. The number of carbonyl (C=O) groups is 1. The SMILES string of the molecule is COc1ccc2c(c1)OC(C)C/C2=N\OC(=O)c1cccc(F)c1. The van der Waals surface area contributed by atoms with E-state index in [1.165, 1.54) is 18.2 Å². The Morgan fingerprint density at radius 3 is 2.88 bits per heavy atom. The standard InChI is InChI=1S/C18H16FNO4/c1-11-8-16(15-7-6-14(22-2)10-17(15)23-11)20-24-18(21)12-4-3-5-13(19)9-12/h3-7,9-11H,8H2,1-2H3/b20-16+. The van der Waals surface area contributed by atoms with Crippen LogP contribution in [0.2, 0.25) is 0 Å². The number of carbonyl (C=O) groups excluding carboxylic acids is 1. The van der Waals surface area contributed by atoms with Crippen molar-refractivity contribution in [3.8, 4) is 11.5 Å². The molecule has 0 bridgehead atoms. The first-order chi connectivity index (χ1) is 11.6. The average Bonchev–Trinajstić information content (AvgIpc) is 2.58. The molecule has 6 heteroatoms. The normalized spacial score (nSPS) is 17.8. The fourth-order valence-corrected chi connectivity index (χ4v) is 2.46. The number of ether oxygens (including phenoxy) is 2. The minimum atomic E-state index is -0.712. The summed E-state index contributed by atoms with van der Waals surface area (Å²) < 4.78 is 24.1. The molecule has 124 valence electrons. The van der Waals surface area contributed by atoms with Gasteiger partial charge in [0.15, 0.2) is 0 Å². The van der Waals surface area contributed by atoms with Gasteiger partial charge in [0.25, 0.3) is 0 Å². The Morgan fingerprint density at radius 2 is 2.12 bits per heavy atom. The van der Waals surface area contributed by atoms with Crippen LogP contribution in [0.5, 0.6) is 11.5 Å². The van der Waals surface area contributed by atoms with Gasteiger partial charge < -0.3 is 14.3 Å². The molecule has 0 amide bonds. The summed E-state index contributed by atoms with van der Waals surface area (Å²) in [5.41, 5.74) is 1.44. The van der Waals surface area contributed by atoms with Crippen molar-refractivity contribution >= 4 is 11.7 Å². The molecule has 1 atom stereocenters. The Balaban J connectivity index is 1.84. The van der Waals surface area contributed by atoms with E-state index in [9.17, 15) is 9.18 Å². The smallest absolute Gasteiger partial charge is 0.365 e. The van der Waals surface area contributed by atoms with Gasteiger partial charge in [0.05, 0.1) is 18.4 Å². The van der Waals surface area contributed by atoms with Crippen molar-refractivity contribution < 1.29 is 23.5 Å². The average molecular weight is 329 g/mol. The number of hydrogen-bond acceptors (Lipinski definition) is 5. The summed E-state index contributed by atoms with van der Waals surface area (Å²) in [7, 11) is 1.57. The Labute approximate surface area is 138 Å². The largest absolute Gasteiger partial charge is 0.497 e. The zero-order valence-electron chi connectivity index (χ0n) is 13.3. The molecule has 2 aromatic rings. The van der Waals surface area contributed by atoms with Crippen LogP contribution in [0.3, 0.4) is 0 Å². The lowest BCUT2D eigenvalue weighted by molar-refractivity contribution is 0.0512. The van der Waals surface area contributed by atoms with E-state index in [-0.39, 0.29) is 11.7 Å². The molecule has 0 saturated heterocycles. The van der Waals surface area contributed by atoms with Crippen LogP contribution in [0.1, 0.15) is 29.3 Å². The van der Waals surface area contributed by atoms with Crippen LogP contribution in [-0.4, -0.2) is 24.9 Å². The highest BCUT2D eigenvalue weighted by Crippen LogP contribution is 2.31. The van der Waals surface area contributed by atoms with Crippen molar-refractivity contribution in [2.45, 2.75) is 19.4 Å². The van der Waals surface area contributed by atoms with E-state index >= 15 is 0 Å². The van der Waals surface area contributed by atoms with Gasteiger partial charge in [0.1, 0.15) is 23.4 Å². The highest BCUT2D eigenvalue weighted by molar-refractivity contribution is 6.04. The third kappa shape index (κ3) is 3.37. The zero-order chi connectivity index (χ0) is 17.1. The number of hydrogen-bond donors (Lipinski definition) is 0. The van der Waals surface area contributed by atoms with E-state index in [4.69, 9.17) is 14.3 Å². The topological polar surface area (TPSA) is 57.1 Å². The molecular weight excluding hydrogens is 313 g/mol. The van der Waals surface area contributed by atoms with Gasteiger partial charge in [0.2, 0.25) is 0 Å². The molecule has 2 aromatic carbocycles. The number of benzene rings is 2. The second-order valence-electron chi connectivity index (χ2n) is 5.42. The zero-order valence-corrected chi connectivity index (χ0v) is 13.3. The minimum Gasteiger partial charge on any atom is -0.497 e. The number of oxime groups is 1. The third-order valence-corrected chi connectivity index (χ3v) is 3.61. The second kappa shape index (κ2) is 6.70. The van der Waals surface area contributed by atoms with E-state index in [0.29, 0.717) is 23.6 Å². The van der Waals surface area contributed by atoms with Crippen molar-refractivity contribution in [3.63, 3.8) is 0 Å². The summed E-state index contributed by atoms with van der Waals surface area (Å²) in [6.07, 6.45) is 0.381. The van der Waals surface area contributed by atoms with Gasteiger partial charge in [-0.25, -0.2) is 9.18 Å². The fourth-order valence-electron chi connectivity index (χ4n) is 2.46. The highest BCUT2D eigenvalue weighted by Gasteiger charge is 2.23. The number of halogens is 1. The molecule has 0 N–H and O–H groups in total. The van der Waals surface area contributed by atoms with Gasteiger partial charge in [0, 0.05) is 18.1 Å². The Bertz CT molecular complexity index is 803. The lowest BCUT2D eigenvalue weighted by atomic mass is 10.0. The van der Waals surface area contributed by atoms with Crippen LogP contribution >= 0.6 is 0 Å². The van der Waals surface area contributed by atoms with Crippen molar-refractivity contribution in [1.82, 2.24) is 0 Å². The monoisotopic (exact) mass is 329 g/mol. The van der Waals surface area contributed by atoms with E-state index in [1.54, 1.807) is 25.3 Å². The molecule has 24 heavy (non-hydrogen) atoms. The Kier molecular flexibility index (Phi) is 4.46. The molecule has 5 nitrogen and oxygen atoms in total. The molecule has 0 fully saturated rings. The van der Waals surface area contributed by atoms with Crippen LogP contribution in [0, 0.1) is 5.82 Å². The molecule has 0 spiro atoms. The number of rotatable bonds is 3. The lowest BCUT2D eigenvalue weighted by Crippen LogP contribution is -2.25. The molecule has 0 aliphatic carbocycles. The first-order valence-corrected chi connectivity index (χ1v) is 7.45. The first kappa shape index (κ1) is 16.0. The summed E-state index contributed by atoms with van der Waals surface area (Å²) in [5.74, 6) is 0.0676. The van der Waals surface area contributed by atoms with Crippen LogP contribution in [-0.2, 0) is 4.84 Å². The summed E-state index contributed by atoms with van der Waals surface area (Å²) in [5, 5.41) is 3.96. The summed E-state index contributed by atoms with van der Waals surface area (Å²) in [6, 6.07) is 10.6. The molecular formula is C18H16FNO4. The van der Waals surface area contributed by atoms with Gasteiger partial charge in [-0.05, 0) is 37.3 Å². The summed E-state index contributed by atoms with van der Waals surface area (Å²) in [4.78, 5) is 17.0. The third-order valence-electron chi connectivity index (χ3n) is 3.61. The maximum absolute atomic E-state index is 13.2. The van der Waals surface area contributed by atoms with Crippen molar-refractivity contribution in [2.24, 2.45) is 5.16 Å². The van der Waals surface area contributed by atoms with Gasteiger partial charge in [-0.2, -0.15) is 0 Å².